The Labute approximate surface area is 525 Å². The molecule has 0 spiro atoms. The third-order valence-corrected chi connectivity index (χ3v) is 13.8. The molecule has 0 aromatic heterocycles. The van der Waals surface area contributed by atoms with Crippen LogP contribution in [0.15, 0.2) is 18.2 Å². The van der Waals surface area contributed by atoms with Gasteiger partial charge in [0.25, 0.3) is 0 Å². The Hall–Kier alpha value is -3.57. The van der Waals surface area contributed by atoms with Crippen LogP contribution in [0.3, 0.4) is 0 Å². The lowest BCUT2D eigenvalue weighted by atomic mass is 10.1. The molecule has 1 aromatic rings. The molecule has 24 heteroatoms. The molecule has 0 unspecified atom stereocenters. The van der Waals surface area contributed by atoms with E-state index in [-0.39, 0.29) is 18.1 Å². The largest absolute Gasteiger partial charge is 0.382 e. The first-order valence-electron chi connectivity index (χ1n) is 32.7. The first-order chi connectivity index (χ1) is 42.7. The van der Waals surface area contributed by atoms with Gasteiger partial charge in [0.1, 0.15) is 0 Å². The van der Waals surface area contributed by atoms with Gasteiger partial charge in [0, 0.05) is 117 Å². The van der Waals surface area contributed by atoms with Crippen LogP contribution in [0, 0.1) is 0 Å². The van der Waals surface area contributed by atoms with Gasteiger partial charge in [-0.25, -0.2) is 14.4 Å². The van der Waals surface area contributed by atoms with Crippen LogP contribution < -0.4 is 31.9 Å². The summed E-state index contributed by atoms with van der Waals surface area (Å²) in [6.45, 7) is 20.1. The summed E-state index contributed by atoms with van der Waals surface area (Å²) in [4.78, 5) is 45.8. The number of rotatable bonds is 66. The normalized spacial score (nSPS) is 11.6. The molecule has 0 aliphatic rings. The minimum atomic E-state index is -0.360. The summed E-state index contributed by atoms with van der Waals surface area (Å²) >= 11 is 0. The van der Waals surface area contributed by atoms with Gasteiger partial charge in [0.05, 0.1) is 119 Å². The van der Waals surface area contributed by atoms with E-state index in [4.69, 9.17) is 56.8 Å². The summed E-state index contributed by atoms with van der Waals surface area (Å²) in [6.07, 6.45) is 18.6. The maximum absolute atomic E-state index is 13.1. The Morgan fingerprint density at radius 2 is 0.471 bits per heavy atom. The van der Waals surface area contributed by atoms with Gasteiger partial charge in [0.2, 0.25) is 0 Å². The number of benzene rings is 1. The standard InChI is InChI=1S/C63H123N9O15/c1-70(31-40-82-49-52-85-46-43-76-4)28-37-79-34-22-16-10-7-13-19-25-64-61(73)67-58-55-59(68-62(74)65-26-20-14-8-11-17-23-35-80-38-29-71(2)32-41-83-50-53-86-47-44-77-5)57-60(56-58)69-63(75)66-27-21-15-9-12-18-24-36-81-39-30-72(3)33-42-84-51-54-87-48-45-78-6/h55-57H,7-54H2,1-6H3,(H2,64,67,73)(H2,65,68,74)(H2,66,69,75). The lowest BCUT2D eigenvalue weighted by molar-refractivity contribution is 0.0190. The molecule has 0 saturated heterocycles. The zero-order valence-corrected chi connectivity index (χ0v) is 55.1. The number of amides is 6. The minimum absolute atomic E-state index is 0.360. The topological polar surface area (TPSA) is 244 Å². The monoisotopic (exact) mass is 1250 g/mol. The van der Waals surface area contributed by atoms with Gasteiger partial charge >= 0.3 is 18.1 Å². The summed E-state index contributed by atoms with van der Waals surface area (Å²) in [5, 5.41) is 17.5. The van der Waals surface area contributed by atoms with E-state index in [0.29, 0.717) is 156 Å². The molecule has 6 amide bonds. The molecule has 24 nitrogen and oxygen atoms in total. The maximum atomic E-state index is 13.1. The third kappa shape index (κ3) is 58.6. The van der Waals surface area contributed by atoms with E-state index < -0.39 is 0 Å². The zero-order chi connectivity index (χ0) is 63.0. The van der Waals surface area contributed by atoms with E-state index in [0.717, 1.165) is 175 Å². The number of carbonyl (C=O) groups is 3. The van der Waals surface area contributed by atoms with Crippen LogP contribution in [-0.2, 0) is 56.8 Å². The van der Waals surface area contributed by atoms with Crippen LogP contribution in [0.4, 0.5) is 31.4 Å². The van der Waals surface area contributed by atoms with Crippen LogP contribution in [0.5, 0.6) is 0 Å². The highest BCUT2D eigenvalue weighted by atomic mass is 16.6. The fraction of sp³-hybridized carbons (Fsp3) is 0.857. The number of ether oxygens (including phenoxy) is 12. The van der Waals surface area contributed by atoms with Gasteiger partial charge in [-0.2, -0.15) is 0 Å². The molecular formula is C63H123N9O15. The van der Waals surface area contributed by atoms with Crippen molar-refractivity contribution in [3.05, 3.63) is 18.2 Å². The molecular weight excluding hydrogens is 1120 g/mol. The predicted octanol–water partition coefficient (Wildman–Crippen LogP) is 7.96. The average molecular weight is 1250 g/mol. The Morgan fingerprint density at radius 1 is 0.276 bits per heavy atom. The first kappa shape index (κ1) is 81.4. The van der Waals surface area contributed by atoms with Crippen LogP contribution >= 0.6 is 0 Å². The predicted molar refractivity (Wildman–Crippen MR) is 346 cm³/mol. The van der Waals surface area contributed by atoms with Crippen molar-refractivity contribution >= 4 is 35.2 Å². The molecule has 0 fully saturated rings. The van der Waals surface area contributed by atoms with Crippen molar-refractivity contribution in [2.45, 2.75) is 116 Å². The van der Waals surface area contributed by atoms with E-state index in [9.17, 15) is 14.4 Å². The molecule has 510 valence electrons. The van der Waals surface area contributed by atoms with Crippen molar-refractivity contribution in [3.63, 3.8) is 0 Å². The molecule has 1 rings (SSSR count). The highest BCUT2D eigenvalue weighted by molar-refractivity contribution is 5.96. The Balaban J connectivity index is 2.40. The Kier molecular flexibility index (Phi) is 59.9. The van der Waals surface area contributed by atoms with Crippen molar-refractivity contribution in [2.75, 3.05) is 256 Å². The second-order valence-corrected chi connectivity index (χ2v) is 21.7. The summed E-state index contributed by atoms with van der Waals surface area (Å²) in [7, 11) is 11.2. The molecule has 0 aliphatic carbocycles. The Morgan fingerprint density at radius 3 is 0.713 bits per heavy atom. The summed E-state index contributed by atoms with van der Waals surface area (Å²) in [5.41, 5.74) is 1.30. The van der Waals surface area contributed by atoms with Crippen LogP contribution in [0.1, 0.15) is 116 Å². The van der Waals surface area contributed by atoms with Crippen molar-refractivity contribution in [1.82, 2.24) is 30.7 Å². The number of urea groups is 3. The number of anilines is 3. The van der Waals surface area contributed by atoms with E-state index in [2.05, 4.69) is 67.7 Å². The van der Waals surface area contributed by atoms with Gasteiger partial charge in [0.15, 0.2) is 0 Å². The number of hydrogen-bond donors (Lipinski definition) is 6. The molecule has 0 aliphatic heterocycles. The highest BCUT2D eigenvalue weighted by Crippen LogP contribution is 2.23. The van der Waals surface area contributed by atoms with Gasteiger partial charge in [-0.15, -0.1) is 0 Å². The lowest BCUT2D eigenvalue weighted by Crippen LogP contribution is -2.31. The number of nitrogens with one attached hydrogen (secondary N) is 6. The van der Waals surface area contributed by atoms with Crippen LogP contribution in [-0.4, -0.2) is 273 Å². The summed E-state index contributed by atoms with van der Waals surface area (Å²) in [5.74, 6) is 0. The molecule has 0 radical (unpaired) electrons. The van der Waals surface area contributed by atoms with Gasteiger partial charge < -0.3 is 103 Å². The average Bonchev–Trinajstić information content (AvgIpc) is 3.66. The SMILES string of the molecule is COCCOCCOCCN(C)CCOCCCCCCCCNC(=O)Nc1cc(NC(=O)NCCCCCCCCOCCN(C)CCOCCOCCOC)cc(NC(=O)NCCCCCCCCOCCN(C)CCOCCOCCOC)c1. The number of unbranched alkanes of at least 4 members (excludes halogenated alkanes) is 15. The first-order valence-corrected chi connectivity index (χ1v) is 32.7. The maximum Gasteiger partial charge on any atom is 0.319 e. The second kappa shape index (κ2) is 64.0. The van der Waals surface area contributed by atoms with Crippen molar-refractivity contribution < 1.29 is 71.2 Å². The highest BCUT2D eigenvalue weighted by Gasteiger charge is 2.11. The number of nitrogens with zero attached hydrogens (tertiary/aromatic N) is 3. The molecule has 0 saturated carbocycles. The van der Waals surface area contributed by atoms with Crippen molar-refractivity contribution in [1.29, 1.82) is 0 Å². The summed E-state index contributed by atoms with van der Waals surface area (Å²) < 4.78 is 65.6. The third-order valence-electron chi connectivity index (χ3n) is 13.8. The molecule has 0 heterocycles. The molecule has 1 aromatic carbocycles. The molecule has 0 atom stereocenters. The molecule has 0 bridgehead atoms. The second-order valence-electron chi connectivity index (χ2n) is 21.7. The minimum Gasteiger partial charge on any atom is -0.382 e. The lowest BCUT2D eigenvalue weighted by Gasteiger charge is -2.16. The van der Waals surface area contributed by atoms with E-state index in [1.54, 1.807) is 39.5 Å². The molecule has 6 N–H and O–H groups in total. The number of hydrogen-bond acceptors (Lipinski definition) is 18. The smallest absolute Gasteiger partial charge is 0.319 e. The van der Waals surface area contributed by atoms with Gasteiger partial charge in [-0.05, 0) is 77.9 Å². The fourth-order valence-electron chi connectivity index (χ4n) is 8.44. The molecule has 87 heavy (non-hydrogen) atoms. The van der Waals surface area contributed by atoms with Crippen molar-refractivity contribution in [3.8, 4) is 0 Å². The van der Waals surface area contributed by atoms with E-state index in [1.807, 2.05) is 0 Å². The quantitative estimate of drug-likeness (QED) is 0.0339. The number of carbonyl (C=O) groups excluding carboxylic acids is 3. The fourth-order valence-corrected chi connectivity index (χ4v) is 8.44. The van der Waals surface area contributed by atoms with Gasteiger partial charge in [-0.1, -0.05) is 77.0 Å². The zero-order valence-electron chi connectivity index (χ0n) is 55.1. The van der Waals surface area contributed by atoms with E-state index >= 15 is 0 Å². The van der Waals surface area contributed by atoms with Crippen molar-refractivity contribution in [2.24, 2.45) is 0 Å². The number of likely N-dealkylation sites (N-methyl/N-ethyl adjacent to an activating group) is 3. The summed E-state index contributed by atoms with van der Waals surface area (Å²) in [6, 6.07) is 3.96. The van der Waals surface area contributed by atoms with Gasteiger partial charge in [-0.3, -0.25) is 0 Å². The van der Waals surface area contributed by atoms with Crippen LogP contribution in [0.2, 0.25) is 0 Å². The number of methoxy groups -OCH3 is 3. The van der Waals surface area contributed by atoms with E-state index in [1.165, 1.54) is 0 Å². The van der Waals surface area contributed by atoms with Crippen LogP contribution in [0.25, 0.3) is 0 Å². The Bertz CT molecular complexity index is 1490.